The van der Waals surface area contributed by atoms with Crippen molar-refractivity contribution < 1.29 is 26.4 Å². The van der Waals surface area contributed by atoms with Gasteiger partial charge in [0.25, 0.3) is 5.91 Å². The lowest BCUT2D eigenvalue weighted by Crippen LogP contribution is -2.37. The van der Waals surface area contributed by atoms with Crippen LogP contribution < -0.4 is 5.32 Å². The Kier molecular flexibility index (Phi) is 6.28. The fourth-order valence-corrected chi connectivity index (χ4v) is 5.10. The van der Waals surface area contributed by atoms with E-state index in [9.17, 15) is 26.4 Å². The molecule has 1 atom stereocenters. The standard InChI is InChI=1S/C20H21F3N2O3S/c21-20(22,23)14-24-19(26)16-8-10-18(11-9-16)29(27,28)25-12-4-7-17(25)13-15-5-2-1-3-6-15/h1-3,5-6,8-11,17H,4,7,12-14H2,(H,24,26). The first-order chi connectivity index (χ1) is 13.7. The zero-order chi connectivity index (χ0) is 21.1. The minimum absolute atomic E-state index is 0.0184. The number of nitrogens with zero attached hydrogens (tertiary/aromatic N) is 1. The lowest BCUT2D eigenvalue weighted by molar-refractivity contribution is -0.123. The van der Waals surface area contributed by atoms with Crippen LogP contribution >= 0.6 is 0 Å². The molecule has 0 radical (unpaired) electrons. The molecule has 1 fully saturated rings. The number of hydrogen-bond acceptors (Lipinski definition) is 3. The van der Waals surface area contributed by atoms with Crippen LogP contribution in [0.3, 0.4) is 0 Å². The largest absolute Gasteiger partial charge is 0.405 e. The van der Waals surface area contributed by atoms with Gasteiger partial charge in [-0.1, -0.05) is 30.3 Å². The molecule has 0 aliphatic carbocycles. The maximum Gasteiger partial charge on any atom is 0.405 e. The minimum Gasteiger partial charge on any atom is -0.343 e. The fourth-order valence-electron chi connectivity index (χ4n) is 3.41. The van der Waals surface area contributed by atoms with E-state index in [2.05, 4.69) is 0 Å². The van der Waals surface area contributed by atoms with E-state index in [0.717, 1.165) is 18.4 Å². The van der Waals surface area contributed by atoms with Gasteiger partial charge in [0.1, 0.15) is 6.54 Å². The third-order valence-electron chi connectivity index (χ3n) is 4.81. The molecule has 1 amide bonds. The van der Waals surface area contributed by atoms with Crippen LogP contribution in [0, 0.1) is 0 Å². The molecule has 1 unspecified atom stereocenters. The van der Waals surface area contributed by atoms with E-state index >= 15 is 0 Å². The molecule has 29 heavy (non-hydrogen) atoms. The molecule has 2 aromatic rings. The monoisotopic (exact) mass is 426 g/mol. The average Bonchev–Trinajstić information content (AvgIpc) is 3.15. The summed E-state index contributed by atoms with van der Waals surface area (Å²) in [6.07, 6.45) is -2.39. The Labute approximate surface area is 167 Å². The van der Waals surface area contributed by atoms with Crippen LogP contribution in [0.1, 0.15) is 28.8 Å². The molecule has 0 bridgehead atoms. The van der Waals surface area contributed by atoms with E-state index in [-0.39, 0.29) is 16.5 Å². The Morgan fingerprint density at radius 3 is 2.34 bits per heavy atom. The fraction of sp³-hybridized carbons (Fsp3) is 0.350. The number of halogens is 3. The molecular weight excluding hydrogens is 405 g/mol. The molecule has 3 rings (SSSR count). The van der Waals surface area contributed by atoms with E-state index in [1.165, 1.54) is 28.6 Å². The van der Waals surface area contributed by atoms with Gasteiger partial charge in [-0.15, -0.1) is 0 Å². The molecule has 1 aliphatic heterocycles. The number of amides is 1. The van der Waals surface area contributed by atoms with Gasteiger partial charge in [0.15, 0.2) is 0 Å². The molecule has 156 valence electrons. The van der Waals surface area contributed by atoms with Crippen LogP contribution in [0.25, 0.3) is 0 Å². The van der Waals surface area contributed by atoms with Gasteiger partial charge in [-0.2, -0.15) is 17.5 Å². The summed E-state index contributed by atoms with van der Waals surface area (Å²) >= 11 is 0. The minimum atomic E-state index is -4.51. The zero-order valence-electron chi connectivity index (χ0n) is 15.5. The Morgan fingerprint density at radius 1 is 1.07 bits per heavy atom. The van der Waals surface area contributed by atoms with Crippen LogP contribution in [0.2, 0.25) is 0 Å². The summed E-state index contributed by atoms with van der Waals surface area (Å²) in [6.45, 7) is -1.03. The molecule has 2 aromatic carbocycles. The van der Waals surface area contributed by atoms with Gasteiger partial charge in [-0.3, -0.25) is 4.79 Å². The topological polar surface area (TPSA) is 66.5 Å². The summed E-state index contributed by atoms with van der Waals surface area (Å²) in [5, 5.41) is 1.76. The van der Waals surface area contributed by atoms with Crippen molar-refractivity contribution in [3.8, 4) is 0 Å². The highest BCUT2D eigenvalue weighted by Crippen LogP contribution is 2.28. The van der Waals surface area contributed by atoms with Crippen molar-refractivity contribution in [1.29, 1.82) is 0 Å². The number of rotatable bonds is 6. The van der Waals surface area contributed by atoms with E-state index in [1.54, 1.807) is 5.32 Å². The molecule has 1 aliphatic rings. The number of alkyl halides is 3. The second kappa shape index (κ2) is 8.54. The molecule has 1 N–H and O–H groups in total. The smallest absolute Gasteiger partial charge is 0.343 e. The number of nitrogens with one attached hydrogen (secondary N) is 1. The van der Waals surface area contributed by atoms with Crippen molar-refractivity contribution in [3.63, 3.8) is 0 Å². The number of hydrogen-bond donors (Lipinski definition) is 1. The molecule has 1 heterocycles. The van der Waals surface area contributed by atoms with Gasteiger partial charge in [-0.25, -0.2) is 8.42 Å². The van der Waals surface area contributed by atoms with Crippen molar-refractivity contribution in [3.05, 3.63) is 65.7 Å². The lowest BCUT2D eigenvalue weighted by Gasteiger charge is -2.24. The third kappa shape index (κ3) is 5.36. The molecular formula is C20H21F3N2O3S. The van der Waals surface area contributed by atoms with Gasteiger partial charge >= 0.3 is 6.18 Å². The van der Waals surface area contributed by atoms with Crippen LogP contribution in [-0.4, -0.2) is 43.9 Å². The van der Waals surface area contributed by atoms with E-state index in [0.29, 0.717) is 13.0 Å². The summed E-state index contributed by atoms with van der Waals surface area (Å²) in [7, 11) is -3.76. The van der Waals surface area contributed by atoms with Crippen molar-refractivity contribution >= 4 is 15.9 Å². The van der Waals surface area contributed by atoms with Crippen LogP contribution in [0.4, 0.5) is 13.2 Å². The van der Waals surface area contributed by atoms with E-state index in [4.69, 9.17) is 0 Å². The first kappa shape index (κ1) is 21.3. The first-order valence-corrected chi connectivity index (χ1v) is 10.6. The molecule has 0 saturated carbocycles. The molecule has 1 saturated heterocycles. The third-order valence-corrected chi connectivity index (χ3v) is 6.78. The molecule has 0 spiro atoms. The number of sulfonamides is 1. The maximum absolute atomic E-state index is 13.1. The van der Waals surface area contributed by atoms with Gasteiger partial charge in [0.05, 0.1) is 4.90 Å². The predicted octanol–water partition coefficient (Wildman–Crippen LogP) is 3.37. The summed E-state index contributed by atoms with van der Waals surface area (Å²) in [5.74, 6) is -0.908. The Morgan fingerprint density at radius 2 is 1.72 bits per heavy atom. The molecule has 5 nitrogen and oxygen atoms in total. The highest BCUT2D eigenvalue weighted by Gasteiger charge is 2.35. The van der Waals surface area contributed by atoms with Crippen LogP contribution in [0.5, 0.6) is 0 Å². The van der Waals surface area contributed by atoms with E-state index < -0.39 is 28.7 Å². The summed E-state index contributed by atoms with van der Waals surface area (Å²) in [5.41, 5.74) is 1.02. The van der Waals surface area contributed by atoms with Gasteiger partial charge < -0.3 is 5.32 Å². The lowest BCUT2D eigenvalue weighted by atomic mass is 10.1. The quantitative estimate of drug-likeness (QED) is 0.770. The summed E-state index contributed by atoms with van der Waals surface area (Å²) in [4.78, 5) is 11.8. The molecule has 9 heteroatoms. The number of carbonyl (C=O) groups is 1. The number of benzene rings is 2. The summed E-state index contributed by atoms with van der Waals surface area (Å²) < 4.78 is 64.2. The average molecular weight is 426 g/mol. The predicted molar refractivity (Wildman–Crippen MR) is 102 cm³/mol. The van der Waals surface area contributed by atoms with E-state index in [1.807, 2.05) is 30.3 Å². The van der Waals surface area contributed by atoms with Gasteiger partial charge in [-0.05, 0) is 49.1 Å². The van der Waals surface area contributed by atoms with Crippen LogP contribution in [-0.2, 0) is 16.4 Å². The van der Waals surface area contributed by atoms with Crippen molar-refractivity contribution in [2.75, 3.05) is 13.1 Å². The zero-order valence-corrected chi connectivity index (χ0v) is 16.3. The normalized spacial score (nSPS) is 18.0. The van der Waals surface area contributed by atoms with Crippen LogP contribution in [0.15, 0.2) is 59.5 Å². The Hall–Kier alpha value is -2.39. The second-order valence-electron chi connectivity index (χ2n) is 6.92. The summed E-state index contributed by atoms with van der Waals surface area (Å²) in [6, 6.07) is 14.4. The Balaban J connectivity index is 1.72. The Bertz CT molecular complexity index is 945. The first-order valence-electron chi connectivity index (χ1n) is 9.17. The van der Waals surface area contributed by atoms with Crippen molar-refractivity contribution in [1.82, 2.24) is 9.62 Å². The second-order valence-corrected chi connectivity index (χ2v) is 8.81. The maximum atomic E-state index is 13.1. The highest BCUT2D eigenvalue weighted by atomic mass is 32.2. The highest BCUT2D eigenvalue weighted by molar-refractivity contribution is 7.89. The van der Waals surface area contributed by atoms with Crippen molar-refractivity contribution in [2.45, 2.75) is 36.4 Å². The SMILES string of the molecule is O=C(NCC(F)(F)F)c1ccc(S(=O)(=O)N2CCCC2Cc2ccccc2)cc1. The van der Waals surface area contributed by atoms with Crippen molar-refractivity contribution in [2.24, 2.45) is 0 Å². The van der Waals surface area contributed by atoms with Gasteiger partial charge in [0, 0.05) is 18.2 Å². The molecule has 0 aromatic heterocycles. The number of carbonyl (C=O) groups excluding carboxylic acids is 1. The van der Waals surface area contributed by atoms with Gasteiger partial charge in [0.2, 0.25) is 10.0 Å².